The summed E-state index contributed by atoms with van der Waals surface area (Å²) in [4.78, 5) is 18.0. The average molecular weight is 480 g/mol. The molecule has 0 aromatic heterocycles. The average Bonchev–Trinajstić information content (AvgIpc) is 3.03. The van der Waals surface area contributed by atoms with Crippen molar-refractivity contribution in [3.05, 3.63) is 0 Å². The van der Waals surface area contributed by atoms with Crippen molar-refractivity contribution in [1.29, 1.82) is 0 Å². The molecule has 2 fully saturated rings. The molecule has 26 heavy (non-hydrogen) atoms. The third-order valence-electron chi connectivity index (χ3n) is 5.34. The monoisotopic (exact) mass is 480 g/mol. The zero-order chi connectivity index (χ0) is 18.3. The van der Waals surface area contributed by atoms with Crippen molar-refractivity contribution in [1.82, 2.24) is 15.5 Å². The van der Waals surface area contributed by atoms with E-state index < -0.39 is 0 Å². The van der Waals surface area contributed by atoms with Crippen LogP contribution in [0.1, 0.15) is 46.0 Å². The number of rotatable bonds is 8. The molecule has 0 bridgehead atoms. The number of nitrogens with one attached hydrogen (secondary N) is 2. The first-order valence-electron chi connectivity index (χ1n) is 9.70. The SMILES string of the molecule is CC(C)CC1(CNC(=NCC(=O)N(C)C)NCC2CCOC2)CCC1.I. The fourth-order valence-electron chi connectivity index (χ4n) is 3.71. The molecule has 2 N–H and O–H groups in total. The number of likely N-dealkylation sites (N-methyl/N-ethyl adjacent to an activating group) is 1. The van der Waals surface area contributed by atoms with E-state index in [0.717, 1.165) is 38.7 Å². The Morgan fingerprint density at radius 2 is 2.04 bits per heavy atom. The van der Waals surface area contributed by atoms with Gasteiger partial charge in [-0.15, -0.1) is 24.0 Å². The van der Waals surface area contributed by atoms with Crippen LogP contribution in [0.4, 0.5) is 0 Å². The predicted molar refractivity (Wildman–Crippen MR) is 117 cm³/mol. The summed E-state index contributed by atoms with van der Waals surface area (Å²) in [7, 11) is 3.53. The van der Waals surface area contributed by atoms with Gasteiger partial charge in [0.25, 0.3) is 0 Å². The summed E-state index contributed by atoms with van der Waals surface area (Å²) in [5.74, 6) is 2.02. The summed E-state index contributed by atoms with van der Waals surface area (Å²) >= 11 is 0. The fourth-order valence-corrected chi connectivity index (χ4v) is 3.71. The highest BCUT2D eigenvalue weighted by Crippen LogP contribution is 2.45. The summed E-state index contributed by atoms with van der Waals surface area (Å²) in [5.41, 5.74) is 0.401. The van der Waals surface area contributed by atoms with E-state index in [2.05, 4.69) is 29.5 Å². The van der Waals surface area contributed by atoms with E-state index in [1.54, 1.807) is 19.0 Å². The molecule has 1 unspecified atom stereocenters. The van der Waals surface area contributed by atoms with E-state index in [1.807, 2.05) is 0 Å². The maximum absolute atomic E-state index is 11.9. The number of halogens is 1. The van der Waals surface area contributed by atoms with Crippen molar-refractivity contribution in [2.75, 3.05) is 46.9 Å². The number of ether oxygens (including phenoxy) is 1. The number of nitrogens with zero attached hydrogens (tertiary/aromatic N) is 2. The van der Waals surface area contributed by atoms with E-state index >= 15 is 0 Å². The van der Waals surface area contributed by atoms with Crippen LogP contribution in [0.15, 0.2) is 4.99 Å². The van der Waals surface area contributed by atoms with Gasteiger partial charge in [-0.3, -0.25) is 4.79 Å². The normalized spacial score (nSPS) is 21.7. The molecule has 1 amide bonds. The minimum absolute atomic E-state index is 0. The molecule has 1 saturated heterocycles. The number of carbonyl (C=O) groups excluding carboxylic acids is 1. The van der Waals surface area contributed by atoms with Gasteiger partial charge in [0.2, 0.25) is 5.91 Å². The number of hydrogen-bond acceptors (Lipinski definition) is 3. The molecule has 1 atom stereocenters. The van der Waals surface area contributed by atoms with Crippen LogP contribution < -0.4 is 10.6 Å². The second-order valence-corrected chi connectivity index (χ2v) is 8.37. The molecule has 2 rings (SSSR count). The van der Waals surface area contributed by atoms with Crippen LogP contribution >= 0.6 is 24.0 Å². The number of amides is 1. The second kappa shape index (κ2) is 11.3. The lowest BCUT2D eigenvalue weighted by atomic mass is 9.64. The number of carbonyl (C=O) groups is 1. The van der Waals surface area contributed by atoms with E-state index in [-0.39, 0.29) is 36.4 Å². The third-order valence-corrected chi connectivity index (χ3v) is 5.34. The molecule has 0 aromatic rings. The van der Waals surface area contributed by atoms with Gasteiger partial charge in [-0.25, -0.2) is 4.99 Å². The summed E-state index contributed by atoms with van der Waals surface area (Å²) in [5, 5.41) is 6.93. The third kappa shape index (κ3) is 7.58. The van der Waals surface area contributed by atoms with Gasteiger partial charge in [0.05, 0.1) is 6.61 Å². The van der Waals surface area contributed by atoms with Crippen molar-refractivity contribution in [3.8, 4) is 0 Å². The van der Waals surface area contributed by atoms with Gasteiger partial charge in [0.15, 0.2) is 5.96 Å². The van der Waals surface area contributed by atoms with E-state index in [9.17, 15) is 4.79 Å². The first-order valence-corrected chi connectivity index (χ1v) is 9.70. The fraction of sp³-hybridized carbons (Fsp3) is 0.895. The van der Waals surface area contributed by atoms with Crippen LogP contribution in [0, 0.1) is 17.3 Å². The number of guanidine groups is 1. The van der Waals surface area contributed by atoms with Crippen molar-refractivity contribution in [2.45, 2.75) is 46.0 Å². The molecule has 1 aliphatic carbocycles. The first-order chi connectivity index (χ1) is 11.9. The predicted octanol–water partition coefficient (Wildman–Crippen LogP) is 2.48. The largest absolute Gasteiger partial charge is 0.381 e. The van der Waals surface area contributed by atoms with Crippen molar-refractivity contribution < 1.29 is 9.53 Å². The lowest BCUT2D eigenvalue weighted by molar-refractivity contribution is -0.127. The van der Waals surface area contributed by atoms with Crippen LogP contribution in [0.2, 0.25) is 0 Å². The van der Waals surface area contributed by atoms with Crippen molar-refractivity contribution in [3.63, 3.8) is 0 Å². The smallest absolute Gasteiger partial charge is 0.243 e. The van der Waals surface area contributed by atoms with Gasteiger partial charge in [0, 0.05) is 39.7 Å². The Bertz CT molecular complexity index is 458. The Hall–Kier alpha value is -0.570. The van der Waals surface area contributed by atoms with Gasteiger partial charge in [-0.2, -0.15) is 0 Å². The highest BCUT2D eigenvalue weighted by molar-refractivity contribution is 14.0. The Balaban J connectivity index is 0.00000338. The number of hydrogen-bond donors (Lipinski definition) is 2. The standard InChI is InChI=1S/C19H36N4O2.HI/c1-15(2)10-19(7-5-8-19)14-22-18(21-12-17(24)23(3)4)20-11-16-6-9-25-13-16;/h15-16H,5-14H2,1-4H3,(H2,20,21,22);1H. The summed E-state index contributed by atoms with van der Waals surface area (Å²) in [6.07, 6.45) is 6.25. The van der Waals surface area contributed by atoms with E-state index in [4.69, 9.17) is 4.74 Å². The molecule has 0 radical (unpaired) electrons. The Morgan fingerprint density at radius 1 is 1.31 bits per heavy atom. The van der Waals surface area contributed by atoms with Gasteiger partial charge < -0.3 is 20.3 Å². The van der Waals surface area contributed by atoms with Gasteiger partial charge in [-0.1, -0.05) is 20.3 Å². The maximum atomic E-state index is 11.9. The summed E-state index contributed by atoms with van der Waals surface area (Å²) in [6, 6.07) is 0. The molecular formula is C19H37IN4O2. The minimum Gasteiger partial charge on any atom is -0.381 e. The molecule has 2 aliphatic rings. The number of aliphatic imine (C=N–C) groups is 1. The van der Waals surface area contributed by atoms with Crippen LogP contribution in [-0.2, 0) is 9.53 Å². The first kappa shape index (κ1) is 23.5. The maximum Gasteiger partial charge on any atom is 0.243 e. The molecule has 1 aliphatic heterocycles. The molecule has 0 aromatic carbocycles. The van der Waals surface area contributed by atoms with Crippen molar-refractivity contribution in [2.24, 2.45) is 22.2 Å². The Labute approximate surface area is 175 Å². The molecule has 7 heteroatoms. The topological polar surface area (TPSA) is 66.0 Å². The molecule has 1 saturated carbocycles. The van der Waals surface area contributed by atoms with Crippen LogP contribution in [0.25, 0.3) is 0 Å². The highest BCUT2D eigenvalue weighted by Gasteiger charge is 2.37. The van der Waals surface area contributed by atoms with Crippen LogP contribution in [0.5, 0.6) is 0 Å². The van der Waals surface area contributed by atoms with Crippen LogP contribution in [-0.4, -0.2) is 63.7 Å². The zero-order valence-electron chi connectivity index (χ0n) is 16.8. The molecule has 152 valence electrons. The zero-order valence-corrected chi connectivity index (χ0v) is 19.2. The van der Waals surface area contributed by atoms with Gasteiger partial charge in [0.1, 0.15) is 6.54 Å². The quantitative estimate of drug-likeness (QED) is 0.318. The summed E-state index contributed by atoms with van der Waals surface area (Å²) in [6.45, 7) is 8.22. The van der Waals surface area contributed by atoms with Gasteiger partial charge >= 0.3 is 0 Å². The minimum atomic E-state index is 0. The van der Waals surface area contributed by atoms with E-state index in [0.29, 0.717) is 17.3 Å². The molecule has 1 heterocycles. The lowest BCUT2D eigenvalue weighted by Gasteiger charge is -2.43. The Morgan fingerprint density at radius 3 is 2.54 bits per heavy atom. The van der Waals surface area contributed by atoms with Gasteiger partial charge in [-0.05, 0) is 37.0 Å². The molecule has 6 nitrogen and oxygen atoms in total. The van der Waals surface area contributed by atoms with E-state index in [1.165, 1.54) is 25.7 Å². The molecule has 0 spiro atoms. The van der Waals surface area contributed by atoms with Crippen LogP contribution in [0.3, 0.4) is 0 Å². The molecular weight excluding hydrogens is 443 g/mol. The highest BCUT2D eigenvalue weighted by atomic mass is 127. The second-order valence-electron chi connectivity index (χ2n) is 8.37. The Kier molecular flexibility index (Phi) is 10.2. The van der Waals surface area contributed by atoms with Crippen molar-refractivity contribution >= 4 is 35.8 Å². The summed E-state index contributed by atoms with van der Waals surface area (Å²) < 4.78 is 5.44. The lowest BCUT2D eigenvalue weighted by Crippen LogP contribution is -2.48.